The summed E-state index contributed by atoms with van der Waals surface area (Å²) in [6, 6.07) is 5.57. The lowest BCUT2D eigenvalue weighted by atomic mass is 10.1. The normalized spacial score (nSPS) is 17.3. The van der Waals surface area contributed by atoms with Crippen molar-refractivity contribution in [1.82, 2.24) is 29.7 Å². The number of nitrogens with zero attached hydrogens (tertiary/aromatic N) is 5. The minimum Gasteiger partial charge on any atom is -0.345 e. The summed E-state index contributed by atoms with van der Waals surface area (Å²) < 4.78 is 0. The Labute approximate surface area is 152 Å². The topological polar surface area (TPSA) is 78.0 Å². The molecule has 7 nitrogen and oxygen atoms in total. The number of carbonyl (C=O) groups excluding carboxylic acids is 1. The molecule has 1 aromatic carbocycles. The minimum atomic E-state index is -0.0189. The highest BCUT2D eigenvalue weighted by Gasteiger charge is 2.32. The highest BCUT2D eigenvalue weighted by Crippen LogP contribution is 2.32. The van der Waals surface area contributed by atoms with Gasteiger partial charge in [0.1, 0.15) is 0 Å². The van der Waals surface area contributed by atoms with E-state index in [1.54, 1.807) is 18.7 Å². The highest BCUT2D eigenvalue weighted by atomic mass is 16.2. The summed E-state index contributed by atoms with van der Waals surface area (Å²) in [5.74, 6) is 0.0313. The third-order valence-corrected chi connectivity index (χ3v) is 4.70. The van der Waals surface area contributed by atoms with Gasteiger partial charge in [-0.05, 0) is 45.1 Å². The number of likely N-dealkylation sites (tertiary alicyclic amines) is 1. The van der Waals surface area contributed by atoms with Gasteiger partial charge in [0.15, 0.2) is 0 Å². The molecule has 0 aliphatic carbocycles. The Bertz CT molecular complexity index is 934. The van der Waals surface area contributed by atoms with E-state index < -0.39 is 0 Å². The molecule has 134 valence electrons. The maximum atomic E-state index is 13.1. The number of rotatable bonds is 4. The molecule has 0 radical (unpaired) electrons. The lowest BCUT2D eigenvalue weighted by Crippen LogP contribution is -2.31. The highest BCUT2D eigenvalue weighted by molar-refractivity contribution is 5.97. The van der Waals surface area contributed by atoms with Crippen LogP contribution in [0.5, 0.6) is 0 Å². The molecule has 7 heteroatoms. The van der Waals surface area contributed by atoms with Gasteiger partial charge in [0.2, 0.25) is 0 Å². The molecule has 4 rings (SSSR count). The third-order valence-electron chi connectivity index (χ3n) is 4.70. The first-order valence-electron chi connectivity index (χ1n) is 8.81. The number of nitrogens with one attached hydrogen (secondary N) is 1. The van der Waals surface area contributed by atoms with E-state index in [2.05, 4.69) is 19.9 Å². The van der Waals surface area contributed by atoms with Crippen molar-refractivity contribution in [1.29, 1.82) is 0 Å². The van der Waals surface area contributed by atoms with Gasteiger partial charge in [-0.1, -0.05) is 0 Å². The van der Waals surface area contributed by atoms with E-state index in [9.17, 15) is 4.79 Å². The Kier molecular flexibility index (Phi) is 4.38. The minimum absolute atomic E-state index is 0.0189. The first-order chi connectivity index (χ1) is 12.6. The van der Waals surface area contributed by atoms with Gasteiger partial charge in [-0.2, -0.15) is 0 Å². The van der Waals surface area contributed by atoms with Gasteiger partial charge in [-0.15, -0.1) is 0 Å². The molecule has 0 spiro atoms. The second kappa shape index (κ2) is 6.84. The van der Waals surface area contributed by atoms with Crippen LogP contribution in [-0.4, -0.2) is 56.3 Å². The zero-order valence-electron chi connectivity index (χ0n) is 15.0. The first-order valence-corrected chi connectivity index (χ1v) is 8.81. The van der Waals surface area contributed by atoms with Gasteiger partial charge in [0.05, 0.1) is 41.0 Å². The maximum Gasteiger partial charge on any atom is 0.254 e. The van der Waals surface area contributed by atoms with Crippen molar-refractivity contribution >= 4 is 16.9 Å². The molecule has 1 aliphatic heterocycles. The lowest BCUT2D eigenvalue weighted by Gasteiger charge is -2.24. The number of aromatic amines is 1. The number of carbonyl (C=O) groups is 1. The average Bonchev–Trinajstić information content (AvgIpc) is 3.29. The molecule has 0 saturated carbocycles. The predicted octanol–water partition coefficient (Wildman–Crippen LogP) is 2.39. The van der Waals surface area contributed by atoms with Crippen molar-refractivity contribution in [2.24, 2.45) is 0 Å². The van der Waals surface area contributed by atoms with Crippen LogP contribution in [0.4, 0.5) is 0 Å². The largest absolute Gasteiger partial charge is 0.345 e. The van der Waals surface area contributed by atoms with Crippen LogP contribution in [0.25, 0.3) is 11.0 Å². The number of amides is 1. The van der Waals surface area contributed by atoms with E-state index in [1.807, 2.05) is 37.2 Å². The van der Waals surface area contributed by atoms with Gasteiger partial charge in [-0.3, -0.25) is 14.8 Å². The van der Waals surface area contributed by atoms with Crippen LogP contribution in [0.15, 0.2) is 36.9 Å². The summed E-state index contributed by atoms with van der Waals surface area (Å²) in [4.78, 5) is 33.4. The molecule has 1 fully saturated rings. The Morgan fingerprint density at radius 1 is 1.35 bits per heavy atom. The Morgan fingerprint density at radius 3 is 3.08 bits per heavy atom. The number of H-pyrrole nitrogens is 1. The van der Waals surface area contributed by atoms with Crippen LogP contribution in [-0.2, 0) is 6.54 Å². The summed E-state index contributed by atoms with van der Waals surface area (Å²) in [6.07, 6.45) is 7.11. The summed E-state index contributed by atoms with van der Waals surface area (Å²) in [5, 5.41) is 0. The van der Waals surface area contributed by atoms with Gasteiger partial charge in [0.25, 0.3) is 5.91 Å². The number of benzene rings is 1. The SMILES string of the molecule is CN(C)Cc1cncc(C2CCCN2C(=O)c2ccc3nc[nH]c3c2)n1. The van der Waals surface area contributed by atoms with Crippen LogP contribution in [0.1, 0.15) is 40.6 Å². The molecule has 3 aromatic rings. The average molecular weight is 350 g/mol. The summed E-state index contributed by atoms with van der Waals surface area (Å²) in [6.45, 7) is 1.47. The second-order valence-corrected chi connectivity index (χ2v) is 6.96. The Morgan fingerprint density at radius 2 is 2.23 bits per heavy atom. The van der Waals surface area contributed by atoms with Crippen LogP contribution >= 0.6 is 0 Å². The first kappa shape index (κ1) is 16.7. The van der Waals surface area contributed by atoms with Crippen LogP contribution in [0.3, 0.4) is 0 Å². The van der Waals surface area contributed by atoms with Crippen LogP contribution in [0, 0.1) is 0 Å². The van der Waals surface area contributed by atoms with E-state index in [4.69, 9.17) is 4.98 Å². The molecule has 26 heavy (non-hydrogen) atoms. The zero-order valence-corrected chi connectivity index (χ0v) is 15.0. The van der Waals surface area contributed by atoms with Crippen LogP contribution in [0.2, 0.25) is 0 Å². The molecule has 1 amide bonds. The fourth-order valence-electron chi connectivity index (χ4n) is 3.54. The van der Waals surface area contributed by atoms with Gasteiger partial charge in [0, 0.05) is 24.8 Å². The number of hydrogen-bond donors (Lipinski definition) is 1. The molecule has 1 atom stereocenters. The molecule has 2 aromatic heterocycles. The molecule has 1 N–H and O–H groups in total. The molecular weight excluding hydrogens is 328 g/mol. The molecular formula is C19H22N6O. The van der Waals surface area contributed by atoms with Gasteiger partial charge in [-0.25, -0.2) is 4.98 Å². The number of aromatic nitrogens is 4. The Hall–Kier alpha value is -2.80. The smallest absolute Gasteiger partial charge is 0.254 e. The van der Waals surface area contributed by atoms with Crippen molar-refractivity contribution in [3.8, 4) is 0 Å². The van der Waals surface area contributed by atoms with Crippen molar-refractivity contribution in [3.05, 3.63) is 53.9 Å². The van der Waals surface area contributed by atoms with E-state index in [1.165, 1.54) is 0 Å². The molecule has 3 heterocycles. The van der Waals surface area contributed by atoms with Crippen molar-refractivity contribution < 1.29 is 4.79 Å². The molecule has 1 unspecified atom stereocenters. The number of imidazole rings is 1. The molecule has 1 saturated heterocycles. The van der Waals surface area contributed by atoms with E-state index in [0.29, 0.717) is 5.56 Å². The summed E-state index contributed by atoms with van der Waals surface area (Å²) in [7, 11) is 4.01. The standard InChI is InChI=1S/C19H22N6O/c1-24(2)11-14-9-20-10-17(23-14)18-4-3-7-25(18)19(26)13-5-6-15-16(8-13)22-12-21-15/h5-6,8-10,12,18H,3-4,7,11H2,1-2H3,(H,21,22). The fourth-order valence-corrected chi connectivity index (χ4v) is 3.54. The van der Waals surface area contributed by atoms with E-state index in [0.717, 1.165) is 48.4 Å². The van der Waals surface area contributed by atoms with Gasteiger partial charge < -0.3 is 14.8 Å². The third kappa shape index (κ3) is 3.17. The molecule has 1 aliphatic rings. The summed E-state index contributed by atoms with van der Waals surface area (Å²) >= 11 is 0. The monoisotopic (exact) mass is 350 g/mol. The zero-order chi connectivity index (χ0) is 18.1. The maximum absolute atomic E-state index is 13.1. The molecule has 0 bridgehead atoms. The second-order valence-electron chi connectivity index (χ2n) is 6.96. The number of hydrogen-bond acceptors (Lipinski definition) is 5. The van der Waals surface area contributed by atoms with Crippen molar-refractivity contribution in [2.45, 2.75) is 25.4 Å². The number of fused-ring (bicyclic) bond motifs is 1. The summed E-state index contributed by atoms with van der Waals surface area (Å²) in [5.41, 5.74) is 4.20. The van der Waals surface area contributed by atoms with Crippen molar-refractivity contribution in [2.75, 3.05) is 20.6 Å². The van der Waals surface area contributed by atoms with Crippen LogP contribution < -0.4 is 0 Å². The predicted molar refractivity (Wildman–Crippen MR) is 98.5 cm³/mol. The fraction of sp³-hybridized carbons (Fsp3) is 0.368. The Balaban J connectivity index is 1.60. The van der Waals surface area contributed by atoms with Gasteiger partial charge >= 0.3 is 0 Å². The quantitative estimate of drug-likeness (QED) is 0.782. The van der Waals surface area contributed by atoms with E-state index in [-0.39, 0.29) is 11.9 Å². The van der Waals surface area contributed by atoms with E-state index >= 15 is 0 Å². The van der Waals surface area contributed by atoms with Crippen molar-refractivity contribution in [3.63, 3.8) is 0 Å². The lowest BCUT2D eigenvalue weighted by molar-refractivity contribution is 0.0732.